The lowest BCUT2D eigenvalue weighted by molar-refractivity contribution is 0.0338. The average Bonchev–Trinajstić information content (AvgIpc) is 3.78. The fourth-order valence-corrected chi connectivity index (χ4v) is 13.0. The zero-order valence-corrected chi connectivity index (χ0v) is 48.9. The van der Waals surface area contributed by atoms with Gasteiger partial charge >= 0.3 is 0 Å². The number of aromatic nitrogens is 4. The SMILES string of the molecule is COc1ccc(-c2c3nc(c(-c4ccc(OC)c(CN5CCOCC5)c4)c4ccc([nH]4)c(-c4ccc(OC)c(CN5CCOCC5)c4)c4nc(c(-c5ccc(OC)c(CN6CCOCC6)c5)c5ccc2[nH]5)CC4)C=C3)cc1CN1CCOCC1. The Morgan fingerprint density at radius 3 is 0.917 bits per heavy atom. The Balaban J connectivity index is 1.09. The van der Waals surface area contributed by atoms with Crippen molar-refractivity contribution in [3.8, 4) is 67.5 Å². The molecule has 0 amide bonds. The van der Waals surface area contributed by atoms with Crippen LogP contribution in [0.25, 0.3) is 78.7 Å². The highest BCUT2D eigenvalue weighted by Crippen LogP contribution is 2.42. The molecule has 0 aliphatic carbocycles. The molecule has 4 aromatic carbocycles. The van der Waals surface area contributed by atoms with Gasteiger partial charge in [-0.1, -0.05) is 24.3 Å². The lowest BCUT2D eigenvalue weighted by Gasteiger charge is -2.27. The maximum atomic E-state index is 6.09. The number of H-pyrrole nitrogens is 2. The molecule has 13 rings (SSSR count). The molecule has 84 heavy (non-hydrogen) atoms. The molecule has 0 radical (unpaired) electrons. The Kier molecular flexibility index (Phi) is 16.9. The molecule has 0 unspecified atom stereocenters. The molecule has 436 valence electrons. The predicted octanol–water partition coefficient (Wildman–Crippen LogP) is 10.3. The van der Waals surface area contributed by atoms with E-state index in [1.807, 2.05) is 0 Å². The number of nitrogens with one attached hydrogen (secondary N) is 2. The van der Waals surface area contributed by atoms with E-state index in [1.165, 1.54) is 0 Å². The molecule has 4 fully saturated rings. The first-order chi connectivity index (χ1) is 41.4. The van der Waals surface area contributed by atoms with Gasteiger partial charge in [0, 0.05) is 145 Å². The molecular formula is C68H76N8O8. The third-order valence-corrected chi connectivity index (χ3v) is 17.3. The van der Waals surface area contributed by atoms with Crippen molar-refractivity contribution in [3.05, 3.63) is 142 Å². The molecule has 0 saturated carbocycles. The van der Waals surface area contributed by atoms with Gasteiger partial charge in [0.25, 0.3) is 0 Å². The summed E-state index contributed by atoms with van der Waals surface area (Å²) in [6, 6.07) is 35.3. The van der Waals surface area contributed by atoms with Gasteiger partial charge in [0.2, 0.25) is 0 Å². The molecule has 7 aromatic rings. The van der Waals surface area contributed by atoms with E-state index in [-0.39, 0.29) is 0 Å². The van der Waals surface area contributed by atoms with Gasteiger partial charge < -0.3 is 47.9 Å². The van der Waals surface area contributed by atoms with Gasteiger partial charge in [-0.2, -0.15) is 0 Å². The number of fused-ring (bicyclic) bond motifs is 8. The first-order valence-corrected chi connectivity index (χ1v) is 29.8. The highest BCUT2D eigenvalue weighted by molar-refractivity contribution is 5.98. The minimum Gasteiger partial charge on any atom is -0.496 e. The summed E-state index contributed by atoms with van der Waals surface area (Å²) in [6.07, 6.45) is 5.80. The Labute approximate surface area is 491 Å². The fourth-order valence-electron chi connectivity index (χ4n) is 13.0. The van der Waals surface area contributed by atoms with Gasteiger partial charge in [-0.25, -0.2) is 4.98 Å². The quantitative estimate of drug-likeness (QED) is 0.0947. The number of ether oxygens (including phenoxy) is 8. The van der Waals surface area contributed by atoms with Gasteiger partial charge in [-0.15, -0.1) is 0 Å². The monoisotopic (exact) mass is 1130 g/mol. The maximum absolute atomic E-state index is 6.09. The number of hydrogen-bond donors (Lipinski definition) is 2. The summed E-state index contributed by atoms with van der Waals surface area (Å²) in [5.41, 5.74) is 20.2. The van der Waals surface area contributed by atoms with E-state index in [4.69, 9.17) is 47.9 Å². The van der Waals surface area contributed by atoms with Crippen molar-refractivity contribution < 1.29 is 37.9 Å². The second-order valence-corrected chi connectivity index (χ2v) is 22.5. The van der Waals surface area contributed by atoms with Crippen molar-refractivity contribution in [2.45, 2.75) is 39.0 Å². The van der Waals surface area contributed by atoms with E-state index in [1.54, 1.807) is 28.4 Å². The molecular weight excluding hydrogens is 1060 g/mol. The topological polar surface area (TPSA) is 144 Å². The van der Waals surface area contributed by atoms with Crippen LogP contribution in [-0.2, 0) is 58.0 Å². The molecule has 9 heterocycles. The molecule has 16 nitrogen and oxygen atoms in total. The summed E-state index contributed by atoms with van der Waals surface area (Å²) in [5, 5.41) is 0. The lowest BCUT2D eigenvalue weighted by Crippen LogP contribution is -2.35. The number of nitrogens with zero attached hydrogens (tertiary/aromatic N) is 6. The summed E-state index contributed by atoms with van der Waals surface area (Å²) in [4.78, 5) is 29.4. The maximum Gasteiger partial charge on any atom is 0.123 e. The summed E-state index contributed by atoms with van der Waals surface area (Å²) in [5.74, 6) is 3.41. The minimum absolute atomic E-state index is 0.707. The Bertz CT molecular complexity index is 3480. The number of methoxy groups -OCH3 is 4. The second-order valence-electron chi connectivity index (χ2n) is 22.5. The predicted molar refractivity (Wildman–Crippen MR) is 330 cm³/mol. The van der Waals surface area contributed by atoms with Crippen molar-refractivity contribution in [2.24, 2.45) is 0 Å². The van der Waals surface area contributed by atoms with E-state index in [0.29, 0.717) is 52.9 Å². The normalized spacial score (nSPS) is 17.4. The molecule has 6 aliphatic rings. The smallest absolute Gasteiger partial charge is 0.123 e. The standard InChI is InChI=1S/C68H76N8O8/c1-77-61-17-5-45(37-49(61)41-73-21-29-81-30-22-73)65-53-9-11-55(69-53)66(46-6-18-62(78-2)50(38-46)42-74-23-31-82-32-24-74)57-13-15-59(71-57)68(48-8-20-64(80-4)52(40-48)44-76-27-35-84-36-28-76)60-16-14-58(72-60)67(56-12-10-54(65)70-56)47-7-19-63(79-3)51(39-47)43-75-25-33-83-34-26-75/h5-13,15,17-20,37-40,70-71H,14,16,21-36,41-44H2,1-4H3. The Morgan fingerprint density at radius 2 is 0.631 bits per heavy atom. The van der Waals surface area contributed by atoms with Gasteiger partial charge in [0.15, 0.2) is 0 Å². The molecule has 0 atom stereocenters. The van der Waals surface area contributed by atoms with Gasteiger partial charge in [0.05, 0.1) is 104 Å². The highest BCUT2D eigenvalue weighted by atomic mass is 16.5. The average molecular weight is 1130 g/mol. The van der Waals surface area contributed by atoms with E-state index < -0.39 is 0 Å². The Morgan fingerprint density at radius 1 is 0.357 bits per heavy atom. The zero-order valence-electron chi connectivity index (χ0n) is 48.9. The molecule has 8 bridgehead atoms. The third kappa shape index (κ3) is 11.9. The first-order valence-electron chi connectivity index (χ1n) is 29.8. The first kappa shape index (κ1) is 55.8. The van der Waals surface area contributed by atoms with Crippen molar-refractivity contribution in [3.63, 3.8) is 0 Å². The number of rotatable bonds is 16. The van der Waals surface area contributed by atoms with E-state index in [9.17, 15) is 0 Å². The van der Waals surface area contributed by atoms with Crippen LogP contribution >= 0.6 is 0 Å². The van der Waals surface area contributed by atoms with E-state index in [2.05, 4.69) is 139 Å². The molecule has 6 aliphatic heterocycles. The summed E-state index contributed by atoms with van der Waals surface area (Å²) in [7, 11) is 7.04. The lowest BCUT2D eigenvalue weighted by atomic mass is 9.98. The number of hydrogen-bond acceptors (Lipinski definition) is 14. The van der Waals surface area contributed by atoms with Crippen LogP contribution in [0.4, 0.5) is 0 Å². The molecule has 16 heteroatoms. The fraction of sp³-hybridized carbons (Fsp3) is 0.382. The number of aryl methyl sites for hydroxylation is 2. The van der Waals surface area contributed by atoms with Crippen LogP contribution in [-0.4, -0.2) is 173 Å². The molecule has 4 saturated heterocycles. The number of benzene rings is 4. The van der Waals surface area contributed by atoms with E-state index in [0.717, 1.165) is 226 Å². The van der Waals surface area contributed by atoms with E-state index >= 15 is 0 Å². The third-order valence-electron chi connectivity index (χ3n) is 17.3. The van der Waals surface area contributed by atoms with Crippen molar-refractivity contribution in [1.29, 1.82) is 0 Å². The summed E-state index contributed by atoms with van der Waals surface area (Å²) < 4.78 is 47.4. The van der Waals surface area contributed by atoms with Crippen LogP contribution in [0.1, 0.15) is 45.0 Å². The van der Waals surface area contributed by atoms with Gasteiger partial charge in [0.1, 0.15) is 23.0 Å². The summed E-state index contributed by atoms with van der Waals surface area (Å²) in [6.45, 7) is 15.5. The van der Waals surface area contributed by atoms with Crippen molar-refractivity contribution >= 4 is 34.2 Å². The Hall–Kier alpha value is -7.38. The highest BCUT2D eigenvalue weighted by Gasteiger charge is 2.26. The molecule has 2 N–H and O–H groups in total. The van der Waals surface area contributed by atoms with Crippen molar-refractivity contribution in [2.75, 3.05) is 134 Å². The minimum atomic E-state index is 0.707. The molecule has 3 aromatic heterocycles. The van der Waals surface area contributed by atoms with Crippen LogP contribution < -0.4 is 18.9 Å². The van der Waals surface area contributed by atoms with Crippen LogP contribution in [0, 0.1) is 0 Å². The largest absolute Gasteiger partial charge is 0.496 e. The zero-order chi connectivity index (χ0) is 56.9. The van der Waals surface area contributed by atoms with Crippen LogP contribution in [0.15, 0.2) is 97.1 Å². The van der Waals surface area contributed by atoms with Crippen molar-refractivity contribution in [1.82, 2.24) is 39.5 Å². The molecule has 0 spiro atoms. The number of aromatic amines is 2. The summed E-state index contributed by atoms with van der Waals surface area (Å²) >= 11 is 0. The van der Waals surface area contributed by atoms with Gasteiger partial charge in [-0.05, 0) is 120 Å². The van der Waals surface area contributed by atoms with Crippen LogP contribution in [0.3, 0.4) is 0 Å². The van der Waals surface area contributed by atoms with Crippen LogP contribution in [0.2, 0.25) is 0 Å². The van der Waals surface area contributed by atoms with Gasteiger partial charge in [-0.3, -0.25) is 24.6 Å². The number of morpholine rings is 4. The van der Waals surface area contributed by atoms with Crippen LogP contribution in [0.5, 0.6) is 23.0 Å². The second kappa shape index (κ2) is 25.5.